The third-order valence-corrected chi connectivity index (χ3v) is 2.82. The van der Waals surface area contributed by atoms with Gasteiger partial charge in [0.15, 0.2) is 0 Å². The second-order valence-corrected chi connectivity index (χ2v) is 4.08. The van der Waals surface area contributed by atoms with Crippen LogP contribution in [0.25, 0.3) is 0 Å². The number of rotatable bonds is 4. The fraction of sp³-hybridized carbons (Fsp3) is 0.818. The molecule has 0 aromatic heterocycles. The average molecular weight is 229 g/mol. The third kappa shape index (κ3) is 2.95. The van der Waals surface area contributed by atoms with Gasteiger partial charge in [-0.15, -0.1) is 0 Å². The van der Waals surface area contributed by atoms with Gasteiger partial charge >= 0.3 is 5.97 Å². The summed E-state index contributed by atoms with van der Waals surface area (Å²) in [5.41, 5.74) is 0. The fourth-order valence-corrected chi connectivity index (χ4v) is 1.92. The molecule has 1 aliphatic rings. The molecule has 1 rings (SSSR count). The molecule has 0 bridgehead atoms. The fourth-order valence-electron chi connectivity index (χ4n) is 1.92. The molecule has 1 N–H and O–H groups in total. The van der Waals surface area contributed by atoms with E-state index in [-0.39, 0.29) is 18.9 Å². The zero-order valence-electron chi connectivity index (χ0n) is 9.81. The van der Waals surface area contributed by atoms with E-state index in [1.54, 1.807) is 0 Å². The first kappa shape index (κ1) is 13.0. The quantitative estimate of drug-likeness (QED) is 0.705. The minimum absolute atomic E-state index is 0.0752. The van der Waals surface area contributed by atoms with Crippen molar-refractivity contribution in [3.63, 3.8) is 0 Å². The largest absolute Gasteiger partial charge is 0.467 e. The molecule has 0 radical (unpaired) electrons. The molecule has 0 aromatic carbocycles. The number of β-amino-alcohol motifs (C(OH)–C–C–N with tert-alkyl or cyclic N) is 1. The van der Waals surface area contributed by atoms with Crippen molar-refractivity contribution in [2.45, 2.75) is 44.8 Å². The van der Waals surface area contributed by atoms with Gasteiger partial charge in [0, 0.05) is 19.4 Å². The molecule has 1 fully saturated rings. The monoisotopic (exact) mass is 229 g/mol. The third-order valence-electron chi connectivity index (χ3n) is 2.82. The second-order valence-electron chi connectivity index (χ2n) is 4.08. The van der Waals surface area contributed by atoms with Crippen molar-refractivity contribution in [1.29, 1.82) is 0 Å². The lowest BCUT2D eigenvalue weighted by Crippen LogP contribution is -2.41. The SMILES string of the molecule is CCCCC(=O)N1CC(O)CC1C(=O)OC. The highest BCUT2D eigenvalue weighted by atomic mass is 16.5. The Labute approximate surface area is 95.4 Å². The average Bonchev–Trinajstić information content (AvgIpc) is 2.67. The van der Waals surface area contributed by atoms with Gasteiger partial charge in [0.1, 0.15) is 6.04 Å². The molecule has 2 atom stereocenters. The van der Waals surface area contributed by atoms with Crippen molar-refractivity contribution in [2.24, 2.45) is 0 Å². The summed E-state index contributed by atoms with van der Waals surface area (Å²) >= 11 is 0. The van der Waals surface area contributed by atoms with Gasteiger partial charge in [-0.3, -0.25) is 4.79 Å². The number of carbonyl (C=O) groups is 2. The molecule has 1 heterocycles. The van der Waals surface area contributed by atoms with Gasteiger partial charge in [0.2, 0.25) is 5.91 Å². The minimum Gasteiger partial charge on any atom is -0.467 e. The molecular weight excluding hydrogens is 210 g/mol. The molecule has 1 aliphatic heterocycles. The summed E-state index contributed by atoms with van der Waals surface area (Å²) < 4.78 is 4.62. The summed E-state index contributed by atoms with van der Waals surface area (Å²) in [6, 6.07) is -0.607. The lowest BCUT2D eigenvalue weighted by Gasteiger charge is -2.22. The van der Waals surface area contributed by atoms with E-state index in [2.05, 4.69) is 4.74 Å². The van der Waals surface area contributed by atoms with Crippen LogP contribution in [0.2, 0.25) is 0 Å². The van der Waals surface area contributed by atoms with Crippen molar-refractivity contribution in [1.82, 2.24) is 4.90 Å². The summed E-state index contributed by atoms with van der Waals surface area (Å²) in [6.45, 7) is 2.24. The molecule has 0 aromatic rings. The van der Waals surface area contributed by atoms with Gasteiger partial charge in [0.05, 0.1) is 13.2 Å². The van der Waals surface area contributed by atoms with Crippen LogP contribution >= 0.6 is 0 Å². The van der Waals surface area contributed by atoms with Gasteiger partial charge in [-0.25, -0.2) is 4.79 Å². The van der Waals surface area contributed by atoms with Crippen molar-refractivity contribution in [3.8, 4) is 0 Å². The number of hydrogen-bond acceptors (Lipinski definition) is 4. The smallest absolute Gasteiger partial charge is 0.328 e. The van der Waals surface area contributed by atoms with Crippen LogP contribution in [0.1, 0.15) is 32.6 Å². The predicted octanol–water partition coefficient (Wildman–Crippen LogP) is 0.311. The number of carbonyl (C=O) groups excluding carboxylic acids is 2. The van der Waals surface area contributed by atoms with Gasteiger partial charge in [-0.2, -0.15) is 0 Å². The van der Waals surface area contributed by atoms with Crippen LogP contribution in [0.5, 0.6) is 0 Å². The highest BCUT2D eigenvalue weighted by Crippen LogP contribution is 2.20. The highest BCUT2D eigenvalue weighted by molar-refractivity contribution is 5.85. The Hall–Kier alpha value is -1.10. The maximum absolute atomic E-state index is 11.8. The predicted molar refractivity (Wildman–Crippen MR) is 57.7 cm³/mol. The summed E-state index contributed by atoms with van der Waals surface area (Å²) in [7, 11) is 1.29. The van der Waals surface area contributed by atoms with Crippen LogP contribution in [-0.2, 0) is 14.3 Å². The second kappa shape index (κ2) is 5.84. The lowest BCUT2D eigenvalue weighted by atomic mass is 10.2. The number of aliphatic hydroxyl groups excluding tert-OH is 1. The zero-order chi connectivity index (χ0) is 12.1. The summed E-state index contributed by atoms with van der Waals surface area (Å²) in [5.74, 6) is -0.518. The van der Waals surface area contributed by atoms with Crippen molar-refractivity contribution < 1.29 is 19.4 Å². The summed E-state index contributed by atoms with van der Waals surface area (Å²) in [5, 5.41) is 9.49. The maximum Gasteiger partial charge on any atom is 0.328 e. The van der Waals surface area contributed by atoms with Crippen molar-refractivity contribution in [3.05, 3.63) is 0 Å². The van der Waals surface area contributed by atoms with Crippen molar-refractivity contribution in [2.75, 3.05) is 13.7 Å². The standard InChI is InChI=1S/C11H19NO4/c1-3-4-5-10(14)12-7-8(13)6-9(12)11(15)16-2/h8-9,13H,3-7H2,1-2H3. The van der Waals surface area contributed by atoms with E-state index in [0.717, 1.165) is 12.8 Å². The van der Waals surface area contributed by atoms with E-state index in [0.29, 0.717) is 6.42 Å². The van der Waals surface area contributed by atoms with E-state index < -0.39 is 18.1 Å². The molecule has 1 saturated heterocycles. The Kier molecular flexibility index (Phi) is 4.73. The summed E-state index contributed by atoms with van der Waals surface area (Å²) in [4.78, 5) is 24.6. The van der Waals surface area contributed by atoms with E-state index in [1.165, 1.54) is 12.0 Å². The Balaban J connectivity index is 2.61. The maximum atomic E-state index is 11.8. The Morgan fingerprint density at radius 1 is 1.50 bits per heavy atom. The summed E-state index contributed by atoms with van der Waals surface area (Å²) in [6.07, 6.45) is 1.83. The Bertz CT molecular complexity index is 267. The topological polar surface area (TPSA) is 66.8 Å². The minimum atomic E-state index is -0.616. The molecule has 5 nitrogen and oxygen atoms in total. The first-order chi connectivity index (χ1) is 7.60. The van der Waals surface area contributed by atoms with E-state index >= 15 is 0 Å². The number of likely N-dealkylation sites (tertiary alicyclic amines) is 1. The van der Waals surface area contributed by atoms with Crippen LogP contribution in [0.15, 0.2) is 0 Å². The molecule has 16 heavy (non-hydrogen) atoms. The number of hydrogen-bond donors (Lipinski definition) is 1. The Morgan fingerprint density at radius 2 is 2.19 bits per heavy atom. The molecule has 0 aliphatic carbocycles. The van der Waals surface area contributed by atoms with Crippen LogP contribution in [-0.4, -0.2) is 47.7 Å². The molecule has 1 amide bonds. The number of ether oxygens (including phenoxy) is 1. The van der Waals surface area contributed by atoms with Gasteiger partial charge < -0.3 is 14.7 Å². The first-order valence-corrected chi connectivity index (χ1v) is 5.65. The van der Waals surface area contributed by atoms with E-state index in [9.17, 15) is 14.7 Å². The molecule has 92 valence electrons. The Morgan fingerprint density at radius 3 is 2.75 bits per heavy atom. The van der Waals surface area contributed by atoms with Gasteiger partial charge in [0.25, 0.3) is 0 Å². The van der Waals surface area contributed by atoms with Gasteiger partial charge in [-0.05, 0) is 6.42 Å². The molecule has 2 unspecified atom stereocenters. The van der Waals surface area contributed by atoms with Crippen LogP contribution in [0.3, 0.4) is 0 Å². The first-order valence-electron chi connectivity index (χ1n) is 5.65. The lowest BCUT2D eigenvalue weighted by molar-refractivity contribution is -0.151. The number of methoxy groups -OCH3 is 1. The number of amides is 1. The molecule has 5 heteroatoms. The number of nitrogens with zero attached hydrogens (tertiary/aromatic N) is 1. The number of esters is 1. The van der Waals surface area contributed by atoms with E-state index in [4.69, 9.17) is 0 Å². The van der Waals surface area contributed by atoms with Crippen LogP contribution in [0, 0.1) is 0 Å². The van der Waals surface area contributed by atoms with E-state index in [1.807, 2.05) is 6.92 Å². The molecular formula is C11H19NO4. The highest BCUT2D eigenvalue weighted by Gasteiger charge is 2.39. The number of unbranched alkanes of at least 4 members (excludes halogenated alkanes) is 1. The number of aliphatic hydroxyl groups is 1. The van der Waals surface area contributed by atoms with Gasteiger partial charge in [-0.1, -0.05) is 13.3 Å². The van der Waals surface area contributed by atoms with Crippen molar-refractivity contribution >= 4 is 11.9 Å². The molecule has 0 spiro atoms. The van der Waals surface area contributed by atoms with Crippen LogP contribution in [0.4, 0.5) is 0 Å². The molecule has 0 saturated carbocycles. The van der Waals surface area contributed by atoms with Crippen LogP contribution < -0.4 is 0 Å². The zero-order valence-corrected chi connectivity index (χ0v) is 9.81. The normalized spacial score (nSPS) is 24.6.